The van der Waals surface area contributed by atoms with Crippen molar-refractivity contribution in [2.24, 2.45) is 0 Å². The maximum atomic E-state index is 14.2. The van der Waals surface area contributed by atoms with Crippen LogP contribution < -0.4 is 15.4 Å². The van der Waals surface area contributed by atoms with E-state index in [1.807, 2.05) is 116 Å². The van der Waals surface area contributed by atoms with Crippen LogP contribution in [0.25, 0.3) is 0 Å². The van der Waals surface area contributed by atoms with Gasteiger partial charge in [-0.15, -0.1) is 0 Å². The molecule has 0 radical (unpaired) electrons. The first kappa shape index (κ1) is 35.7. The number of hydrogen-bond acceptors (Lipinski definition) is 6. The van der Waals surface area contributed by atoms with Gasteiger partial charge in [-0.25, -0.2) is 9.78 Å². The first-order valence-corrected chi connectivity index (χ1v) is 16.7. The topological polar surface area (TPSA) is 126 Å². The molecule has 0 bridgehead atoms. The number of carbonyl (C=O) groups excluding carboxylic acids is 3. The number of carbonyl (C=O) groups is 3. The molecule has 0 aliphatic rings. The zero-order chi connectivity index (χ0) is 35.1. The molecule has 5 rings (SSSR count). The second kappa shape index (κ2) is 18.2. The minimum Gasteiger partial charge on any atom is -0.489 e. The fourth-order valence-corrected chi connectivity index (χ4v) is 5.61. The van der Waals surface area contributed by atoms with Crippen LogP contribution in [-0.2, 0) is 40.5 Å². The van der Waals surface area contributed by atoms with E-state index >= 15 is 0 Å². The van der Waals surface area contributed by atoms with Crippen molar-refractivity contribution in [1.82, 2.24) is 25.5 Å². The zero-order valence-corrected chi connectivity index (χ0v) is 28.5. The monoisotopic (exact) mass is 693 g/mol. The molecule has 258 valence electrons. The van der Waals surface area contributed by atoms with Crippen molar-refractivity contribution in [2.45, 2.75) is 45.1 Å². The fraction of sp³-hybridized carbons (Fsp3) is 0.231. The van der Waals surface area contributed by atoms with E-state index < -0.39 is 18.0 Å². The first-order valence-electron chi connectivity index (χ1n) is 16.3. The Kier molecular flexibility index (Phi) is 13.0. The maximum Gasteiger partial charge on any atom is 0.408 e. The van der Waals surface area contributed by atoms with E-state index in [0.29, 0.717) is 29.6 Å². The Morgan fingerprint density at radius 3 is 2.16 bits per heavy atom. The first-order chi connectivity index (χ1) is 24.3. The molecular weight excluding hydrogens is 654 g/mol. The van der Waals surface area contributed by atoms with E-state index in [9.17, 15) is 14.4 Å². The van der Waals surface area contributed by atoms with Crippen LogP contribution in [0, 0.1) is 0 Å². The number of alkyl carbamates (subject to hydrolysis) is 1. The highest BCUT2D eigenvalue weighted by atomic mass is 35.5. The third kappa shape index (κ3) is 11.0. The molecule has 11 heteroatoms. The summed E-state index contributed by atoms with van der Waals surface area (Å²) >= 11 is 6.38. The Labute approximate surface area is 296 Å². The molecule has 1 unspecified atom stereocenters. The largest absolute Gasteiger partial charge is 0.489 e. The Bertz CT molecular complexity index is 1800. The molecule has 0 aliphatic heterocycles. The molecule has 0 aliphatic carbocycles. The van der Waals surface area contributed by atoms with E-state index in [-0.39, 0.29) is 37.9 Å². The number of H-pyrrole nitrogens is 1. The van der Waals surface area contributed by atoms with Gasteiger partial charge in [-0.3, -0.25) is 9.59 Å². The van der Waals surface area contributed by atoms with Gasteiger partial charge >= 0.3 is 6.09 Å². The molecule has 1 aromatic heterocycles. The number of hydrogen-bond donors (Lipinski definition) is 3. The number of benzene rings is 4. The second-order valence-electron chi connectivity index (χ2n) is 11.9. The average Bonchev–Trinajstić information content (AvgIpc) is 3.66. The van der Waals surface area contributed by atoms with Crippen LogP contribution in [0.2, 0.25) is 5.02 Å². The van der Waals surface area contributed by atoms with Crippen molar-refractivity contribution in [2.75, 3.05) is 13.1 Å². The number of nitrogens with zero attached hydrogens (tertiary/aromatic N) is 2. The summed E-state index contributed by atoms with van der Waals surface area (Å²) in [6.45, 7) is 2.58. The number of ether oxygens (including phenoxy) is 2. The van der Waals surface area contributed by atoms with Crippen molar-refractivity contribution >= 4 is 29.5 Å². The van der Waals surface area contributed by atoms with Crippen LogP contribution >= 0.6 is 11.6 Å². The lowest BCUT2D eigenvalue weighted by Crippen LogP contribution is -2.52. The van der Waals surface area contributed by atoms with Gasteiger partial charge < -0.3 is 30.0 Å². The van der Waals surface area contributed by atoms with E-state index in [2.05, 4.69) is 20.6 Å². The van der Waals surface area contributed by atoms with Gasteiger partial charge in [-0.1, -0.05) is 110 Å². The molecule has 0 saturated carbocycles. The molecule has 50 heavy (non-hydrogen) atoms. The molecule has 3 amide bonds. The lowest BCUT2D eigenvalue weighted by molar-refractivity contribution is -0.138. The number of aromatic amines is 1. The molecule has 0 saturated heterocycles. The Hall–Kier alpha value is -5.61. The number of nitrogens with one attached hydrogen (secondary N) is 3. The Morgan fingerprint density at radius 2 is 1.50 bits per heavy atom. The van der Waals surface area contributed by atoms with Crippen molar-refractivity contribution < 1.29 is 23.9 Å². The number of imidazole rings is 1. The average molecular weight is 694 g/mol. The predicted octanol–water partition coefficient (Wildman–Crippen LogP) is 6.43. The minimum atomic E-state index is -1.06. The molecule has 10 nitrogen and oxygen atoms in total. The highest BCUT2D eigenvalue weighted by molar-refractivity contribution is 6.31. The maximum absolute atomic E-state index is 14.2. The van der Waals surface area contributed by atoms with Gasteiger partial charge in [0.1, 0.15) is 25.0 Å². The second-order valence-corrected chi connectivity index (χ2v) is 12.3. The third-order valence-electron chi connectivity index (χ3n) is 8.00. The SMILES string of the molecule is CC(CNC(=O)CN(Cc1ccc(OCc2ccccc2)cc1)C(=O)[C@H](Cc1c[nH]cn1)NC(=O)OCc1ccccc1)c1ccccc1Cl. The normalized spacial score (nSPS) is 12.0. The van der Waals surface area contributed by atoms with Crippen molar-refractivity contribution in [3.05, 3.63) is 155 Å². The summed E-state index contributed by atoms with van der Waals surface area (Å²) in [7, 11) is 0. The van der Waals surface area contributed by atoms with E-state index in [1.165, 1.54) is 11.2 Å². The highest BCUT2D eigenvalue weighted by Crippen LogP contribution is 2.23. The predicted molar refractivity (Wildman–Crippen MR) is 191 cm³/mol. The number of rotatable bonds is 16. The summed E-state index contributed by atoms with van der Waals surface area (Å²) in [5.41, 5.74) is 4.09. The van der Waals surface area contributed by atoms with E-state index in [4.69, 9.17) is 21.1 Å². The summed E-state index contributed by atoms with van der Waals surface area (Å²) in [5.74, 6) is -0.219. The molecule has 5 aromatic rings. The standard InChI is InChI=1S/C39H40ClN5O5/c1-28(34-14-8-9-15-35(34)40)21-42-37(46)24-45(23-29-16-18-33(19-17-29)49-25-30-10-4-2-5-11-30)38(47)36(20-32-22-41-27-43-32)44-39(48)50-26-31-12-6-3-7-13-31/h2-19,22,27-28,36H,20-21,23-26H2,1H3,(H,41,43)(H,42,46)(H,44,48)/t28?,36-/m0/s1. The fourth-order valence-electron chi connectivity index (χ4n) is 5.28. The quantitative estimate of drug-likeness (QED) is 0.109. The third-order valence-corrected chi connectivity index (χ3v) is 8.35. The van der Waals surface area contributed by atoms with Gasteiger partial charge in [-0.2, -0.15) is 0 Å². The summed E-state index contributed by atoms with van der Waals surface area (Å²) in [6, 6.07) is 32.9. The molecule has 1 heterocycles. The summed E-state index contributed by atoms with van der Waals surface area (Å²) in [4.78, 5) is 49.1. The lowest BCUT2D eigenvalue weighted by Gasteiger charge is -2.28. The van der Waals surface area contributed by atoms with Crippen LogP contribution in [0.1, 0.15) is 40.8 Å². The molecule has 3 N–H and O–H groups in total. The van der Waals surface area contributed by atoms with Gasteiger partial charge in [0.15, 0.2) is 0 Å². The van der Waals surface area contributed by atoms with E-state index in [0.717, 1.165) is 22.3 Å². The van der Waals surface area contributed by atoms with Crippen LogP contribution in [-0.4, -0.2) is 51.9 Å². The Morgan fingerprint density at radius 1 is 0.840 bits per heavy atom. The lowest BCUT2D eigenvalue weighted by atomic mass is 10.0. The van der Waals surface area contributed by atoms with Gasteiger partial charge in [0.2, 0.25) is 11.8 Å². The van der Waals surface area contributed by atoms with Crippen LogP contribution in [0.4, 0.5) is 4.79 Å². The van der Waals surface area contributed by atoms with Gasteiger partial charge in [0, 0.05) is 30.7 Å². The minimum absolute atomic E-state index is 0.0322. The molecule has 2 atom stereocenters. The van der Waals surface area contributed by atoms with Crippen molar-refractivity contribution in [1.29, 1.82) is 0 Å². The van der Waals surface area contributed by atoms with Crippen molar-refractivity contribution in [3.8, 4) is 5.75 Å². The molecule has 4 aromatic carbocycles. The highest BCUT2D eigenvalue weighted by Gasteiger charge is 2.29. The summed E-state index contributed by atoms with van der Waals surface area (Å²) in [5, 5.41) is 6.27. The smallest absolute Gasteiger partial charge is 0.408 e. The van der Waals surface area contributed by atoms with Gasteiger partial charge in [0.25, 0.3) is 0 Å². The van der Waals surface area contributed by atoms with Crippen LogP contribution in [0.5, 0.6) is 5.75 Å². The van der Waals surface area contributed by atoms with Gasteiger partial charge in [0.05, 0.1) is 18.6 Å². The number of aromatic nitrogens is 2. The summed E-state index contributed by atoms with van der Waals surface area (Å²) < 4.78 is 11.4. The van der Waals surface area contributed by atoms with Crippen molar-refractivity contribution in [3.63, 3.8) is 0 Å². The Balaban J connectivity index is 1.30. The van der Waals surface area contributed by atoms with Crippen LogP contribution in [0.3, 0.4) is 0 Å². The van der Waals surface area contributed by atoms with Crippen LogP contribution in [0.15, 0.2) is 122 Å². The molecule has 0 spiro atoms. The molecular formula is C39H40ClN5O5. The number of amides is 3. The van der Waals surface area contributed by atoms with Gasteiger partial charge in [-0.05, 0) is 46.4 Å². The summed E-state index contributed by atoms with van der Waals surface area (Å²) in [6.07, 6.45) is 2.47. The molecule has 0 fully saturated rings. The zero-order valence-electron chi connectivity index (χ0n) is 27.8. The van der Waals surface area contributed by atoms with E-state index in [1.54, 1.807) is 6.20 Å². The number of halogens is 1.